The minimum absolute atomic E-state index is 0.0456. The largest absolute Gasteiger partial charge is 0.444 e. The van der Waals surface area contributed by atoms with E-state index in [0.717, 1.165) is 5.57 Å². The molecule has 0 aliphatic carbocycles. The summed E-state index contributed by atoms with van der Waals surface area (Å²) >= 11 is 0. The zero-order valence-corrected chi connectivity index (χ0v) is 18.4. The first-order chi connectivity index (χ1) is 11.2. The smallest absolute Gasteiger partial charge is 0.411 e. The highest BCUT2D eigenvalue weighted by atomic mass is 28.4. The zero-order chi connectivity index (χ0) is 19.6. The molecule has 0 aromatic heterocycles. The van der Waals surface area contributed by atoms with Crippen LogP contribution in [-0.2, 0) is 14.0 Å². The highest BCUT2D eigenvalue weighted by Gasteiger charge is 2.40. The molecule has 144 valence electrons. The average molecular weight is 370 g/mol. The van der Waals surface area contributed by atoms with Crippen molar-refractivity contribution in [2.45, 2.75) is 84.7 Å². The molecule has 1 unspecified atom stereocenters. The van der Waals surface area contributed by atoms with Crippen molar-refractivity contribution in [3.8, 4) is 0 Å². The van der Waals surface area contributed by atoms with E-state index in [1.807, 2.05) is 27.7 Å². The van der Waals surface area contributed by atoms with Crippen molar-refractivity contribution in [1.29, 1.82) is 0 Å². The topological polar surface area (TPSA) is 55.8 Å². The molecule has 1 heterocycles. The molecule has 0 spiro atoms. The first-order valence-electron chi connectivity index (χ1n) is 9.05. The van der Waals surface area contributed by atoms with Crippen molar-refractivity contribution in [3.63, 3.8) is 0 Å². The monoisotopic (exact) mass is 369 g/mol. The number of hydrogen-bond donors (Lipinski definition) is 0. The van der Waals surface area contributed by atoms with E-state index in [-0.39, 0.29) is 23.4 Å². The number of carbonyl (C=O) groups excluding carboxylic acids is 2. The predicted molar refractivity (Wildman–Crippen MR) is 103 cm³/mol. The number of amides is 1. The molecule has 5 nitrogen and oxygen atoms in total. The summed E-state index contributed by atoms with van der Waals surface area (Å²) < 4.78 is 11.9. The van der Waals surface area contributed by atoms with Crippen molar-refractivity contribution >= 4 is 20.2 Å². The van der Waals surface area contributed by atoms with E-state index < -0.39 is 20.0 Å². The Balaban J connectivity index is 3.04. The molecule has 0 bridgehead atoms. The summed E-state index contributed by atoms with van der Waals surface area (Å²) in [6, 6.07) is -0.244. The minimum atomic E-state index is -1.95. The summed E-state index contributed by atoms with van der Waals surface area (Å²) in [7, 11) is -1.95. The Morgan fingerprint density at radius 1 is 1.24 bits per heavy atom. The Kier molecular flexibility index (Phi) is 6.67. The molecule has 0 fully saturated rings. The minimum Gasteiger partial charge on any atom is -0.444 e. The fourth-order valence-corrected chi connectivity index (χ4v) is 3.39. The van der Waals surface area contributed by atoms with Crippen LogP contribution in [0.4, 0.5) is 4.79 Å². The standard InChI is InChI=1S/C19H35NO4Si/c1-10-14-11-15(21)12-20(17(22)24-18(2,3)4)16(14)13-23-25(8,9)19(5,6)7/h11,16H,10,12-13H2,1-9H3. The van der Waals surface area contributed by atoms with E-state index in [1.54, 1.807) is 6.08 Å². The van der Waals surface area contributed by atoms with Gasteiger partial charge in [0, 0.05) is 0 Å². The second-order valence-corrected chi connectivity index (χ2v) is 14.0. The van der Waals surface area contributed by atoms with Crippen LogP contribution in [-0.4, -0.2) is 49.9 Å². The number of rotatable bonds is 4. The third kappa shape index (κ3) is 5.96. The lowest BCUT2D eigenvalue weighted by molar-refractivity contribution is -0.117. The van der Waals surface area contributed by atoms with E-state index in [2.05, 4.69) is 33.9 Å². The van der Waals surface area contributed by atoms with Crippen molar-refractivity contribution < 1.29 is 18.8 Å². The van der Waals surface area contributed by atoms with Gasteiger partial charge >= 0.3 is 6.09 Å². The lowest BCUT2D eigenvalue weighted by Gasteiger charge is -2.41. The first kappa shape index (κ1) is 21.9. The van der Waals surface area contributed by atoms with Crippen LogP contribution in [0.3, 0.4) is 0 Å². The molecule has 0 saturated heterocycles. The molecular formula is C19H35NO4Si. The van der Waals surface area contributed by atoms with E-state index in [0.29, 0.717) is 13.0 Å². The number of hydrogen-bond acceptors (Lipinski definition) is 4. The second kappa shape index (κ2) is 7.62. The molecule has 1 aliphatic heterocycles. The zero-order valence-electron chi connectivity index (χ0n) is 17.4. The van der Waals surface area contributed by atoms with E-state index >= 15 is 0 Å². The van der Waals surface area contributed by atoms with Crippen molar-refractivity contribution in [3.05, 3.63) is 11.6 Å². The van der Waals surface area contributed by atoms with Gasteiger partial charge in [-0.25, -0.2) is 4.79 Å². The van der Waals surface area contributed by atoms with Gasteiger partial charge in [0.25, 0.3) is 0 Å². The van der Waals surface area contributed by atoms with Gasteiger partial charge in [0.15, 0.2) is 14.1 Å². The Morgan fingerprint density at radius 2 is 1.80 bits per heavy atom. The Morgan fingerprint density at radius 3 is 2.24 bits per heavy atom. The van der Waals surface area contributed by atoms with Gasteiger partial charge in [0.1, 0.15) is 5.60 Å². The van der Waals surface area contributed by atoms with Crippen LogP contribution in [0.15, 0.2) is 11.6 Å². The molecule has 1 aliphatic rings. The molecule has 0 aromatic carbocycles. The van der Waals surface area contributed by atoms with Gasteiger partial charge in [-0.15, -0.1) is 0 Å². The van der Waals surface area contributed by atoms with Gasteiger partial charge in [0.2, 0.25) is 0 Å². The maximum Gasteiger partial charge on any atom is 0.411 e. The van der Waals surface area contributed by atoms with E-state index in [4.69, 9.17) is 9.16 Å². The van der Waals surface area contributed by atoms with Crippen molar-refractivity contribution in [1.82, 2.24) is 4.90 Å². The van der Waals surface area contributed by atoms with Gasteiger partial charge in [-0.1, -0.05) is 27.7 Å². The molecule has 0 radical (unpaired) electrons. The number of nitrogens with zero attached hydrogens (tertiary/aromatic N) is 1. The lowest BCUT2D eigenvalue weighted by atomic mass is 9.98. The third-order valence-corrected chi connectivity index (χ3v) is 9.42. The molecule has 1 rings (SSSR count). The normalized spacial score (nSPS) is 19.7. The number of ether oxygens (including phenoxy) is 1. The van der Waals surface area contributed by atoms with Crippen LogP contribution in [0, 0.1) is 0 Å². The van der Waals surface area contributed by atoms with Gasteiger partial charge in [0.05, 0.1) is 19.2 Å². The van der Waals surface area contributed by atoms with Crippen LogP contribution >= 0.6 is 0 Å². The number of ketones is 1. The molecule has 0 N–H and O–H groups in total. The molecule has 1 atom stereocenters. The summed E-state index contributed by atoms with van der Waals surface area (Å²) in [6.45, 7) is 18.9. The predicted octanol–water partition coefficient (Wildman–Crippen LogP) is 4.53. The van der Waals surface area contributed by atoms with Crippen LogP contribution in [0.25, 0.3) is 0 Å². The molecule has 0 saturated carbocycles. The Bertz CT molecular complexity index is 541. The highest BCUT2D eigenvalue weighted by molar-refractivity contribution is 6.74. The first-order valence-corrected chi connectivity index (χ1v) is 12.0. The molecule has 1 amide bonds. The summed E-state index contributed by atoms with van der Waals surface area (Å²) in [4.78, 5) is 26.2. The van der Waals surface area contributed by atoms with Crippen LogP contribution in [0.5, 0.6) is 0 Å². The molecule has 0 aromatic rings. The maximum absolute atomic E-state index is 12.6. The summed E-state index contributed by atoms with van der Waals surface area (Å²) in [6.07, 6.45) is 1.92. The average Bonchev–Trinajstić information content (AvgIpc) is 2.41. The van der Waals surface area contributed by atoms with Gasteiger partial charge in [-0.05, 0) is 57.0 Å². The van der Waals surface area contributed by atoms with Crippen molar-refractivity contribution in [2.24, 2.45) is 0 Å². The molecule has 25 heavy (non-hydrogen) atoms. The molecule has 6 heteroatoms. The van der Waals surface area contributed by atoms with E-state index in [9.17, 15) is 9.59 Å². The Hall–Kier alpha value is -1.14. The van der Waals surface area contributed by atoms with Crippen molar-refractivity contribution in [2.75, 3.05) is 13.2 Å². The fourth-order valence-electron chi connectivity index (χ4n) is 2.38. The summed E-state index contributed by atoms with van der Waals surface area (Å²) in [5, 5.41) is 0.0876. The van der Waals surface area contributed by atoms with Gasteiger partial charge in [-0.3, -0.25) is 9.69 Å². The number of carbonyl (C=O) groups is 2. The third-order valence-electron chi connectivity index (χ3n) is 4.92. The summed E-state index contributed by atoms with van der Waals surface area (Å²) in [5.41, 5.74) is 0.333. The van der Waals surface area contributed by atoms with E-state index in [1.165, 1.54) is 4.90 Å². The van der Waals surface area contributed by atoms with Crippen LogP contribution < -0.4 is 0 Å². The van der Waals surface area contributed by atoms with Gasteiger partial charge in [-0.2, -0.15) is 0 Å². The second-order valence-electron chi connectivity index (χ2n) is 9.23. The van der Waals surface area contributed by atoms with Crippen LogP contribution in [0.2, 0.25) is 18.1 Å². The fraction of sp³-hybridized carbons (Fsp3) is 0.789. The lowest BCUT2D eigenvalue weighted by Crippen LogP contribution is -2.53. The quantitative estimate of drug-likeness (QED) is 0.683. The molecular weight excluding hydrogens is 334 g/mol. The highest BCUT2D eigenvalue weighted by Crippen LogP contribution is 2.37. The summed E-state index contributed by atoms with van der Waals surface area (Å²) in [5.74, 6) is -0.0636. The SMILES string of the molecule is CCC1=CC(=O)CN(C(=O)OC(C)(C)C)C1CO[Si](C)(C)C(C)(C)C. The Labute approximate surface area is 153 Å². The van der Waals surface area contributed by atoms with Crippen LogP contribution in [0.1, 0.15) is 54.9 Å². The maximum atomic E-state index is 12.6. The van der Waals surface area contributed by atoms with Gasteiger partial charge < -0.3 is 9.16 Å².